The summed E-state index contributed by atoms with van der Waals surface area (Å²) in [4.78, 5) is 27.7. The molecule has 0 saturated carbocycles. The van der Waals surface area contributed by atoms with Crippen LogP contribution < -0.4 is 0 Å². The number of hydrogen-bond acceptors (Lipinski definition) is 4. The Kier molecular flexibility index (Phi) is 3.78. The lowest BCUT2D eigenvalue weighted by Crippen LogP contribution is -2.35. The molecule has 110 valence electrons. The van der Waals surface area contributed by atoms with Crippen molar-refractivity contribution < 1.29 is 18.7 Å². The van der Waals surface area contributed by atoms with Crippen molar-refractivity contribution in [2.45, 2.75) is 38.6 Å². The number of hydrogen-bond donors (Lipinski definition) is 0. The third-order valence-electron chi connectivity index (χ3n) is 3.00. The van der Waals surface area contributed by atoms with E-state index in [0.29, 0.717) is 6.29 Å². The van der Waals surface area contributed by atoms with Crippen LogP contribution in [0.4, 0.5) is 9.18 Å². The number of aromatic nitrogens is 2. The number of alkyl halides is 1. The average molecular weight is 283 g/mol. The van der Waals surface area contributed by atoms with Gasteiger partial charge in [0.25, 0.3) is 0 Å². The minimum atomic E-state index is -1.21. The van der Waals surface area contributed by atoms with Gasteiger partial charge in [-0.2, -0.15) is 0 Å². The van der Waals surface area contributed by atoms with Crippen molar-refractivity contribution in [2.75, 3.05) is 13.1 Å². The molecule has 1 amide bonds. The van der Waals surface area contributed by atoms with E-state index in [4.69, 9.17) is 4.74 Å². The lowest BCUT2D eigenvalue weighted by molar-refractivity contribution is 0.0281. The second-order valence-corrected chi connectivity index (χ2v) is 5.83. The van der Waals surface area contributed by atoms with E-state index in [2.05, 4.69) is 4.98 Å². The van der Waals surface area contributed by atoms with Crippen molar-refractivity contribution in [2.24, 2.45) is 0 Å². The number of ether oxygens (including phenoxy) is 1. The van der Waals surface area contributed by atoms with Crippen LogP contribution in [0.1, 0.15) is 37.3 Å². The third-order valence-corrected chi connectivity index (χ3v) is 3.00. The highest BCUT2D eigenvalue weighted by atomic mass is 19.1. The molecular weight excluding hydrogens is 265 g/mol. The van der Waals surface area contributed by atoms with Crippen LogP contribution in [-0.2, 0) is 4.74 Å². The predicted octanol–water partition coefficient (Wildman–Crippen LogP) is 1.83. The predicted molar refractivity (Wildman–Crippen MR) is 69.4 cm³/mol. The zero-order chi connectivity index (χ0) is 14.9. The van der Waals surface area contributed by atoms with Crippen molar-refractivity contribution >= 4 is 12.4 Å². The summed E-state index contributed by atoms with van der Waals surface area (Å²) in [5.41, 5.74) is -0.367. The summed E-state index contributed by atoms with van der Waals surface area (Å²) in [6.07, 6.45) is 1.74. The monoisotopic (exact) mass is 283 g/mol. The minimum absolute atomic E-state index is 0.0197. The zero-order valence-corrected chi connectivity index (χ0v) is 11.7. The van der Waals surface area contributed by atoms with E-state index < -0.39 is 23.9 Å². The smallest absolute Gasteiger partial charge is 0.410 e. The molecule has 2 atom stereocenters. The molecule has 1 aromatic rings. The van der Waals surface area contributed by atoms with Gasteiger partial charge in [0, 0.05) is 12.7 Å². The van der Waals surface area contributed by atoms with Crippen molar-refractivity contribution in [3.05, 3.63) is 18.2 Å². The lowest BCUT2D eigenvalue weighted by atomic mass is 10.2. The van der Waals surface area contributed by atoms with Gasteiger partial charge in [-0.05, 0) is 20.8 Å². The van der Waals surface area contributed by atoms with E-state index in [9.17, 15) is 14.0 Å². The Bertz CT molecular complexity index is 509. The summed E-state index contributed by atoms with van der Waals surface area (Å²) >= 11 is 0. The van der Waals surface area contributed by atoms with E-state index >= 15 is 0 Å². The maximum Gasteiger partial charge on any atom is 0.410 e. The van der Waals surface area contributed by atoms with E-state index in [1.54, 1.807) is 20.8 Å². The molecule has 7 heteroatoms. The third kappa shape index (κ3) is 3.15. The molecule has 1 aliphatic rings. The van der Waals surface area contributed by atoms with Crippen molar-refractivity contribution in [3.8, 4) is 0 Å². The molecule has 0 spiro atoms. The van der Waals surface area contributed by atoms with E-state index in [-0.39, 0.29) is 18.8 Å². The summed E-state index contributed by atoms with van der Waals surface area (Å²) in [5, 5.41) is 0. The van der Waals surface area contributed by atoms with Gasteiger partial charge in [0.05, 0.1) is 18.9 Å². The molecule has 1 aliphatic heterocycles. The van der Waals surface area contributed by atoms with E-state index in [1.807, 2.05) is 0 Å². The van der Waals surface area contributed by atoms with E-state index in [0.717, 1.165) is 0 Å². The number of likely N-dealkylation sites (tertiary alicyclic amines) is 1. The molecule has 0 radical (unpaired) electrons. The average Bonchev–Trinajstić information content (AvgIpc) is 2.92. The van der Waals surface area contributed by atoms with Crippen LogP contribution >= 0.6 is 0 Å². The van der Waals surface area contributed by atoms with E-state index in [1.165, 1.54) is 22.0 Å². The van der Waals surface area contributed by atoms with Gasteiger partial charge >= 0.3 is 6.09 Å². The fourth-order valence-electron chi connectivity index (χ4n) is 2.10. The molecule has 2 unspecified atom stereocenters. The number of aldehydes is 1. The summed E-state index contributed by atoms with van der Waals surface area (Å²) in [5.74, 6) is 0. The highest BCUT2D eigenvalue weighted by Crippen LogP contribution is 2.26. The number of imidazole rings is 1. The number of amides is 1. The van der Waals surface area contributed by atoms with Gasteiger partial charge in [-0.25, -0.2) is 14.2 Å². The van der Waals surface area contributed by atoms with Gasteiger partial charge in [0.15, 0.2) is 6.29 Å². The first-order valence-corrected chi connectivity index (χ1v) is 6.41. The number of nitrogens with zero attached hydrogens (tertiary/aromatic N) is 3. The molecular formula is C13H18FN3O3. The molecule has 2 rings (SSSR count). The number of halogens is 1. The standard InChI is InChI=1S/C13H18FN3O3/c1-13(2,3)20-12(19)16-5-10(14)11(6-16)17-4-9(7-18)15-8-17/h4,7-8,10-11H,5-6H2,1-3H3. The molecule has 1 aromatic heterocycles. The Morgan fingerprint density at radius 3 is 2.75 bits per heavy atom. The Morgan fingerprint density at radius 2 is 2.20 bits per heavy atom. The van der Waals surface area contributed by atoms with Gasteiger partial charge in [-0.15, -0.1) is 0 Å². The van der Waals surface area contributed by atoms with Gasteiger partial charge < -0.3 is 14.2 Å². The molecule has 1 saturated heterocycles. The Hall–Kier alpha value is -1.92. The Balaban J connectivity index is 2.05. The molecule has 1 fully saturated rings. The molecule has 0 aliphatic carbocycles. The summed E-state index contributed by atoms with van der Waals surface area (Å²) in [6.45, 7) is 5.46. The van der Waals surface area contributed by atoms with Crippen LogP contribution in [0.5, 0.6) is 0 Å². The molecule has 20 heavy (non-hydrogen) atoms. The SMILES string of the molecule is CC(C)(C)OC(=O)N1CC(F)C(n2cnc(C=O)c2)C1. The fraction of sp³-hybridized carbons (Fsp3) is 0.615. The van der Waals surface area contributed by atoms with Crippen LogP contribution in [0.2, 0.25) is 0 Å². The highest BCUT2D eigenvalue weighted by molar-refractivity contribution is 5.71. The lowest BCUT2D eigenvalue weighted by Gasteiger charge is -2.24. The number of carbonyl (C=O) groups is 2. The van der Waals surface area contributed by atoms with Crippen LogP contribution in [0.25, 0.3) is 0 Å². The number of rotatable bonds is 2. The quantitative estimate of drug-likeness (QED) is 0.777. The van der Waals surface area contributed by atoms with Crippen molar-refractivity contribution in [3.63, 3.8) is 0 Å². The van der Waals surface area contributed by atoms with Crippen LogP contribution in [-0.4, -0.2) is 51.7 Å². The second-order valence-electron chi connectivity index (χ2n) is 5.83. The minimum Gasteiger partial charge on any atom is -0.444 e. The van der Waals surface area contributed by atoms with Gasteiger partial charge in [-0.3, -0.25) is 4.79 Å². The first kappa shape index (κ1) is 14.5. The summed E-state index contributed by atoms with van der Waals surface area (Å²) < 4.78 is 20.8. The zero-order valence-electron chi connectivity index (χ0n) is 11.7. The Morgan fingerprint density at radius 1 is 1.50 bits per heavy atom. The summed E-state index contributed by atoms with van der Waals surface area (Å²) in [6, 6.07) is -0.538. The molecule has 2 heterocycles. The molecule has 0 aromatic carbocycles. The topological polar surface area (TPSA) is 64.4 Å². The van der Waals surface area contributed by atoms with Crippen LogP contribution in [0.3, 0.4) is 0 Å². The van der Waals surface area contributed by atoms with Gasteiger partial charge in [0.2, 0.25) is 0 Å². The van der Waals surface area contributed by atoms with Crippen LogP contribution in [0, 0.1) is 0 Å². The summed E-state index contributed by atoms with van der Waals surface area (Å²) in [7, 11) is 0. The highest BCUT2D eigenvalue weighted by Gasteiger charge is 2.38. The van der Waals surface area contributed by atoms with Crippen molar-refractivity contribution in [1.82, 2.24) is 14.5 Å². The maximum absolute atomic E-state index is 14.0. The normalized spacial score (nSPS) is 22.9. The largest absolute Gasteiger partial charge is 0.444 e. The molecule has 6 nitrogen and oxygen atoms in total. The van der Waals surface area contributed by atoms with Gasteiger partial charge in [0.1, 0.15) is 17.5 Å². The first-order valence-electron chi connectivity index (χ1n) is 6.41. The maximum atomic E-state index is 14.0. The Labute approximate surface area is 116 Å². The van der Waals surface area contributed by atoms with Crippen molar-refractivity contribution in [1.29, 1.82) is 0 Å². The first-order chi connectivity index (χ1) is 9.30. The van der Waals surface area contributed by atoms with Gasteiger partial charge in [-0.1, -0.05) is 0 Å². The second kappa shape index (κ2) is 5.22. The fourth-order valence-corrected chi connectivity index (χ4v) is 2.10. The number of carbonyl (C=O) groups excluding carboxylic acids is 2. The molecule has 0 N–H and O–H groups in total. The molecule has 0 bridgehead atoms. The van der Waals surface area contributed by atoms with Crippen LogP contribution in [0.15, 0.2) is 12.5 Å².